The maximum absolute atomic E-state index is 13.5. The van der Waals surface area contributed by atoms with Crippen molar-refractivity contribution >= 4 is 45.5 Å². The van der Waals surface area contributed by atoms with Crippen LogP contribution in [0.3, 0.4) is 0 Å². The largest absolute Gasteiger partial charge is 0.496 e. The summed E-state index contributed by atoms with van der Waals surface area (Å²) in [6.45, 7) is 0. The molecule has 0 aliphatic carbocycles. The summed E-state index contributed by atoms with van der Waals surface area (Å²) in [7, 11) is 5.76. The van der Waals surface area contributed by atoms with E-state index in [2.05, 4.69) is 26.6 Å². The zero-order valence-electron chi connectivity index (χ0n) is 21.0. The first-order valence-electron chi connectivity index (χ1n) is 11.0. The minimum atomic E-state index is -1.18. The van der Waals surface area contributed by atoms with Gasteiger partial charge >= 0.3 is 5.97 Å². The van der Waals surface area contributed by atoms with Gasteiger partial charge in [-0.2, -0.15) is 0 Å². The lowest BCUT2D eigenvalue weighted by Gasteiger charge is -2.16. The summed E-state index contributed by atoms with van der Waals surface area (Å²) in [5.41, 5.74) is 0.548. The standard InChI is InChI=1S/C27H25BrN2O8/c1-35-21-10-9-15(27(33)34)11-19(21)29-26(32)20(30-25(31)17-7-5-6-8-18(17)28)12-16-13-23(37-3)24(38-4)14-22(16)36-2/h5-14H,1-4H3,(H,29,32)(H,30,31)(H,33,34). The van der Waals surface area contributed by atoms with Crippen LogP contribution in [0, 0.1) is 0 Å². The minimum absolute atomic E-state index is 0.0644. The number of aromatic carboxylic acids is 1. The summed E-state index contributed by atoms with van der Waals surface area (Å²) in [6.07, 6.45) is 1.40. The first-order chi connectivity index (χ1) is 18.2. The number of benzene rings is 3. The molecule has 10 nitrogen and oxygen atoms in total. The normalized spacial score (nSPS) is 10.8. The Bertz CT molecular complexity index is 1400. The summed E-state index contributed by atoms with van der Waals surface area (Å²) in [4.78, 5) is 38.1. The van der Waals surface area contributed by atoms with Gasteiger partial charge in [0.2, 0.25) is 0 Å². The number of halogens is 1. The molecule has 0 atom stereocenters. The van der Waals surface area contributed by atoms with E-state index in [9.17, 15) is 19.5 Å². The monoisotopic (exact) mass is 584 g/mol. The number of carbonyl (C=O) groups is 3. The van der Waals surface area contributed by atoms with Crippen molar-refractivity contribution in [2.45, 2.75) is 0 Å². The average Bonchev–Trinajstić information content (AvgIpc) is 2.92. The molecule has 0 aliphatic heterocycles. The molecule has 3 aromatic carbocycles. The van der Waals surface area contributed by atoms with Crippen LogP contribution in [0.1, 0.15) is 26.3 Å². The number of ether oxygens (including phenoxy) is 4. The lowest BCUT2D eigenvalue weighted by atomic mass is 10.1. The van der Waals surface area contributed by atoms with Gasteiger partial charge in [-0.3, -0.25) is 9.59 Å². The number of amides is 2. The molecule has 0 unspecified atom stereocenters. The van der Waals surface area contributed by atoms with Gasteiger partial charge < -0.3 is 34.7 Å². The molecule has 2 amide bonds. The fourth-order valence-corrected chi connectivity index (χ4v) is 3.91. The summed E-state index contributed by atoms with van der Waals surface area (Å²) >= 11 is 3.34. The summed E-state index contributed by atoms with van der Waals surface area (Å²) in [5, 5.41) is 14.6. The van der Waals surface area contributed by atoms with E-state index in [-0.39, 0.29) is 28.3 Å². The Morgan fingerprint density at radius 2 is 1.45 bits per heavy atom. The fraction of sp³-hybridized carbons (Fsp3) is 0.148. The van der Waals surface area contributed by atoms with Crippen LogP contribution in [0.15, 0.2) is 64.8 Å². The predicted molar refractivity (Wildman–Crippen MR) is 144 cm³/mol. The highest BCUT2D eigenvalue weighted by atomic mass is 79.9. The molecule has 3 rings (SSSR count). The highest BCUT2D eigenvalue weighted by Gasteiger charge is 2.20. The smallest absolute Gasteiger partial charge is 0.335 e. The maximum atomic E-state index is 13.5. The van der Waals surface area contributed by atoms with Gasteiger partial charge in [-0.25, -0.2) is 4.79 Å². The van der Waals surface area contributed by atoms with Crippen LogP contribution in [0.4, 0.5) is 5.69 Å². The van der Waals surface area contributed by atoms with E-state index in [4.69, 9.17) is 18.9 Å². The predicted octanol–water partition coefficient (Wildman–Crippen LogP) is 4.59. The number of carbonyl (C=O) groups excluding carboxylic acids is 2. The van der Waals surface area contributed by atoms with Gasteiger partial charge in [0.15, 0.2) is 11.5 Å². The highest BCUT2D eigenvalue weighted by molar-refractivity contribution is 9.10. The topological polar surface area (TPSA) is 132 Å². The van der Waals surface area contributed by atoms with Gasteiger partial charge in [0.25, 0.3) is 11.8 Å². The minimum Gasteiger partial charge on any atom is -0.496 e. The Morgan fingerprint density at radius 3 is 2.05 bits per heavy atom. The lowest BCUT2D eigenvalue weighted by molar-refractivity contribution is -0.113. The zero-order valence-corrected chi connectivity index (χ0v) is 22.5. The summed E-state index contributed by atoms with van der Waals surface area (Å²) < 4.78 is 21.9. The van der Waals surface area contributed by atoms with E-state index >= 15 is 0 Å². The van der Waals surface area contributed by atoms with Crippen molar-refractivity contribution in [3.8, 4) is 23.0 Å². The van der Waals surface area contributed by atoms with E-state index in [1.54, 1.807) is 36.4 Å². The molecular formula is C27H25BrN2O8. The van der Waals surface area contributed by atoms with Crippen LogP contribution >= 0.6 is 15.9 Å². The van der Waals surface area contributed by atoms with Crippen LogP contribution in [0.2, 0.25) is 0 Å². The van der Waals surface area contributed by atoms with Crippen LogP contribution in [0.25, 0.3) is 6.08 Å². The van der Waals surface area contributed by atoms with E-state index < -0.39 is 17.8 Å². The quantitative estimate of drug-likeness (QED) is 0.295. The number of hydrogen-bond donors (Lipinski definition) is 3. The Balaban J connectivity index is 2.11. The zero-order chi connectivity index (χ0) is 27.8. The maximum Gasteiger partial charge on any atom is 0.335 e. The van der Waals surface area contributed by atoms with Crippen LogP contribution in [0.5, 0.6) is 23.0 Å². The molecule has 0 aliphatic rings. The average molecular weight is 585 g/mol. The molecule has 0 heterocycles. The molecule has 3 aromatic rings. The van der Waals surface area contributed by atoms with Crippen molar-refractivity contribution in [2.75, 3.05) is 33.8 Å². The third kappa shape index (κ3) is 6.43. The van der Waals surface area contributed by atoms with Crippen molar-refractivity contribution in [3.63, 3.8) is 0 Å². The Labute approximate surface area is 227 Å². The molecule has 3 N–H and O–H groups in total. The second-order valence-electron chi connectivity index (χ2n) is 7.62. The number of anilines is 1. The lowest BCUT2D eigenvalue weighted by Crippen LogP contribution is -2.31. The molecule has 0 aromatic heterocycles. The molecule has 198 valence electrons. The second-order valence-corrected chi connectivity index (χ2v) is 8.47. The molecule has 0 fully saturated rings. The van der Waals surface area contributed by atoms with E-state index in [1.807, 2.05) is 0 Å². The third-order valence-corrected chi connectivity index (χ3v) is 6.03. The van der Waals surface area contributed by atoms with Crippen molar-refractivity contribution in [3.05, 3.63) is 81.5 Å². The number of rotatable bonds is 10. The van der Waals surface area contributed by atoms with E-state index in [0.29, 0.717) is 27.3 Å². The number of carboxylic acid groups (broad SMARTS) is 1. The van der Waals surface area contributed by atoms with Gasteiger partial charge in [-0.1, -0.05) is 12.1 Å². The molecule has 0 radical (unpaired) electrons. The summed E-state index contributed by atoms with van der Waals surface area (Å²) in [6, 6.07) is 13.9. The van der Waals surface area contributed by atoms with Crippen molar-refractivity contribution < 1.29 is 38.4 Å². The van der Waals surface area contributed by atoms with Crippen LogP contribution in [-0.2, 0) is 4.79 Å². The molecular weight excluding hydrogens is 560 g/mol. The van der Waals surface area contributed by atoms with Gasteiger partial charge in [0.1, 0.15) is 17.2 Å². The third-order valence-electron chi connectivity index (χ3n) is 5.34. The molecule has 0 bridgehead atoms. The number of methoxy groups -OCH3 is 4. The van der Waals surface area contributed by atoms with Crippen molar-refractivity contribution in [2.24, 2.45) is 0 Å². The van der Waals surface area contributed by atoms with Crippen LogP contribution < -0.4 is 29.6 Å². The highest BCUT2D eigenvalue weighted by Crippen LogP contribution is 2.36. The number of carboxylic acids is 1. The molecule has 11 heteroatoms. The van der Waals surface area contributed by atoms with Crippen molar-refractivity contribution in [1.29, 1.82) is 0 Å². The Morgan fingerprint density at radius 1 is 0.816 bits per heavy atom. The Hall–Kier alpha value is -4.51. The van der Waals surface area contributed by atoms with Gasteiger partial charge in [0, 0.05) is 16.1 Å². The molecule has 0 saturated carbocycles. The second kappa shape index (κ2) is 12.6. The number of hydrogen-bond acceptors (Lipinski definition) is 7. The molecule has 0 saturated heterocycles. The molecule has 0 spiro atoms. The van der Waals surface area contributed by atoms with Gasteiger partial charge in [-0.15, -0.1) is 0 Å². The van der Waals surface area contributed by atoms with E-state index in [0.717, 1.165) is 0 Å². The summed E-state index contributed by atoms with van der Waals surface area (Å²) in [5.74, 6) is -1.16. The van der Waals surface area contributed by atoms with E-state index in [1.165, 1.54) is 52.7 Å². The first-order valence-corrected chi connectivity index (χ1v) is 11.8. The Kier molecular flexibility index (Phi) is 9.33. The first kappa shape index (κ1) is 28.1. The SMILES string of the molecule is COc1cc(OC)c(OC)cc1C=C(NC(=O)c1ccccc1Br)C(=O)Nc1cc(C(=O)O)ccc1OC. The fourth-order valence-electron chi connectivity index (χ4n) is 3.44. The van der Waals surface area contributed by atoms with Crippen LogP contribution in [-0.4, -0.2) is 51.3 Å². The molecule has 38 heavy (non-hydrogen) atoms. The number of nitrogens with one attached hydrogen (secondary N) is 2. The van der Waals surface area contributed by atoms with Gasteiger partial charge in [0.05, 0.1) is 45.3 Å². The van der Waals surface area contributed by atoms with Gasteiger partial charge in [-0.05, 0) is 58.4 Å². The van der Waals surface area contributed by atoms with Crippen molar-refractivity contribution in [1.82, 2.24) is 5.32 Å².